The van der Waals surface area contributed by atoms with Crippen LogP contribution in [0.25, 0.3) is 0 Å². The Balaban J connectivity index is 1.56. The topological polar surface area (TPSA) is 35.3 Å². The van der Waals surface area contributed by atoms with E-state index >= 15 is 0 Å². The highest BCUT2D eigenvalue weighted by Gasteiger charge is 2.23. The average Bonchev–Trinajstić information content (AvgIpc) is 2.89. The Kier molecular flexibility index (Phi) is 3.42. The van der Waals surface area contributed by atoms with Gasteiger partial charge in [0.05, 0.1) is 6.61 Å². The molecule has 2 aromatic rings. The van der Waals surface area contributed by atoms with Gasteiger partial charge in [-0.1, -0.05) is 35.5 Å². The molecule has 0 spiro atoms. The van der Waals surface area contributed by atoms with Crippen molar-refractivity contribution >= 4 is 0 Å². The molecule has 0 aliphatic carbocycles. The van der Waals surface area contributed by atoms with Crippen molar-refractivity contribution < 1.29 is 9.26 Å². The third-order valence-electron chi connectivity index (χ3n) is 3.45. The molecule has 3 heteroatoms. The molecule has 0 N–H and O–H groups in total. The molecule has 18 heavy (non-hydrogen) atoms. The molecule has 3 nitrogen and oxygen atoms in total. The van der Waals surface area contributed by atoms with Crippen LogP contribution in [0, 0.1) is 0 Å². The second kappa shape index (κ2) is 5.36. The van der Waals surface area contributed by atoms with Crippen LogP contribution in [0.1, 0.15) is 35.8 Å². The standard InChI is InChI=1S/C15H17NO2/c1-2-5-12(6-3-1)7-4-8-14-15-13(9-10-17-14)11-18-16-15/h1-3,5-6,11,14H,4,7-10H2/t14-/m1/s1. The molecular formula is C15H17NO2. The predicted octanol–water partition coefficient (Wildman–Crippen LogP) is 3.31. The van der Waals surface area contributed by atoms with Crippen molar-refractivity contribution in [1.29, 1.82) is 0 Å². The SMILES string of the molecule is c1ccc(CCC[C@H]2OCCc3conc32)cc1. The van der Waals surface area contributed by atoms with E-state index in [9.17, 15) is 0 Å². The van der Waals surface area contributed by atoms with Crippen LogP contribution in [0.15, 0.2) is 41.1 Å². The van der Waals surface area contributed by atoms with Crippen molar-refractivity contribution in [3.8, 4) is 0 Å². The first-order chi connectivity index (χ1) is 8.93. The number of nitrogens with zero attached hydrogens (tertiary/aromatic N) is 1. The summed E-state index contributed by atoms with van der Waals surface area (Å²) in [5.74, 6) is 0. The van der Waals surface area contributed by atoms with Gasteiger partial charge in [0.2, 0.25) is 0 Å². The number of hydrogen-bond donors (Lipinski definition) is 0. The van der Waals surface area contributed by atoms with Crippen LogP contribution in [0.2, 0.25) is 0 Å². The van der Waals surface area contributed by atoms with Crippen molar-refractivity contribution in [1.82, 2.24) is 5.16 Å². The summed E-state index contributed by atoms with van der Waals surface area (Å²) in [6, 6.07) is 10.6. The van der Waals surface area contributed by atoms with E-state index < -0.39 is 0 Å². The minimum atomic E-state index is 0.121. The van der Waals surface area contributed by atoms with Gasteiger partial charge in [0.15, 0.2) is 0 Å². The lowest BCUT2D eigenvalue weighted by Gasteiger charge is -2.21. The van der Waals surface area contributed by atoms with Gasteiger partial charge in [-0.25, -0.2) is 0 Å². The van der Waals surface area contributed by atoms with Crippen LogP contribution in [-0.4, -0.2) is 11.8 Å². The van der Waals surface area contributed by atoms with E-state index in [2.05, 4.69) is 35.5 Å². The monoisotopic (exact) mass is 243 g/mol. The first kappa shape index (κ1) is 11.5. The van der Waals surface area contributed by atoms with Crippen molar-refractivity contribution in [3.63, 3.8) is 0 Å². The Bertz CT molecular complexity index is 492. The summed E-state index contributed by atoms with van der Waals surface area (Å²) < 4.78 is 10.8. The Hall–Kier alpha value is -1.61. The second-order valence-electron chi connectivity index (χ2n) is 4.71. The number of aryl methyl sites for hydroxylation is 1. The average molecular weight is 243 g/mol. The fourth-order valence-corrected chi connectivity index (χ4v) is 2.46. The third-order valence-corrected chi connectivity index (χ3v) is 3.45. The summed E-state index contributed by atoms with van der Waals surface area (Å²) in [7, 11) is 0. The molecular weight excluding hydrogens is 226 g/mol. The third kappa shape index (κ3) is 2.46. The molecule has 1 aromatic heterocycles. The zero-order chi connectivity index (χ0) is 12.2. The molecule has 94 valence electrons. The maximum atomic E-state index is 5.78. The fraction of sp³-hybridized carbons (Fsp3) is 0.400. The van der Waals surface area contributed by atoms with E-state index in [4.69, 9.17) is 9.26 Å². The number of aromatic nitrogens is 1. The Morgan fingerprint density at radius 2 is 2.11 bits per heavy atom. The van der Waals surface area contributed by atoms with Gasteiger partial charge in [-0.15, -0.1) is 0 Å². The highest BCUT2D eigenvalue weighted by Crippen LogP contribution is 2.29. The molecule has 0 bridgehead atoms. The number of hydrogen-bond acceptors (Lipinski definition) is 3. The summed E-state index contributed by atoms with van der Waals surface area (Å²) in [5, 5.41) is 4.06. The summed E-state index contributed by atoms with van der Waals surface area (Å²) in [4.78, 5) is 0. The van der Waals surface area contributed by atoms with Crippen LogP contribution >= 0.6 is 0 Å². The molecule has 0 saturated heterocycles. The van der Waals surface area contributed by atoms with Gasteiger partial charge in [0.25, 0.3) is 0 Å². The molecule has 0 saturated carbocycles. The van der Waals surface area contributed by atoms with Gasteiger partial charge in [0.1, 0.15) is 18.1 Å². The summed E-state index contributed by atoms with van der Waals surface area (Å²) in [6.07, 6.45) is 6.01. The molecule has 0 unspecified atom stereocenters. The van der Waals surface area contributed by atoms with Gasteiger partial charge >= 0.3 is 0 Å². The minimum Gasteiger partial charge on any atom is -0.371 e. The first-order valence-corrected chi connectivity index (χ1v) is 6.52. The van der Waals surface area contributed by atoms with E-state index in [1.54, 1.807) is 6.26 Å². The zero-order valence-corrected chi connectivity index (χ0v) is 10.3. The lowest BCUT2D eigenvalue weighted by atomic mass is 10.00. The zero-order valence-electron chi connectivity index (χ0n) is 10.3. The molecule has 1 atom stereocenters. The van der Waals surface area contributed by atoms with Gasteiger partial charge < -0.3 is 9.26 Å². The summed E-state index contributed by atoms with van der Waals surface area (Å²) >= 11 is 0. The maximum absolute atomic E-state index is 5.78. The van der Waals surface area contributed by atoms with Gasteiger partial charge in [-0.2, -0.15) is 0 Å². The Morgan fingerprint density at radius 3 is 3.00 bits per heavy atom. The normalized spacial score (nSPS) is 18.6. The molecule has 1 aliphatic heterocycles. The van der Waals surface area contributed by atoms with E-state index in [1.807, 2.05) is 0 Å². The molecule has 1 aromatic carbocycles. The van der Waals surface area contributed by atoms with Crippen LogP contribution in [0.4, 0.5) is 0 Å². The van der Waals surface area contributed by atoms with Crippen LogP contribution in [0.3, 0.4) is 0 Å². The van der Waals surface area contributed by atoms with E-state index in [1.165, 1.54) is 11.1 Å². The van der Waals surface area contributed by atoms with Crippen molar-refractivity contribution in [2.45, 2.75) is 31.8 Å². The number of fused-ring (bicyclic) bond motifs is 1. The maximum Gasteiger partial charge on any atom is 0.127 e. The predicted molar refractivity (Wildman–Crippen MR) is 68.3 cm³/mol. The van der Waals surface area contributed by atoms with Crippen molar-refractivity contribution in [2.75, 3.05) is 6.61 Å². The molecule has 0 radical (unpaired) electrons. The van der Waals surface area contributed by atoms with Gasteiger partial charge in [0, 0.05) is 12.0 Å². The summed E-state index contributed by atoms with van der Waals surface area (Å²) in [6.45, 7) is 0.782. The van der Waals surface area contributed by atoms with Crippen LogP contribution < -0.4 is 0 Å². The molecule has 1 aliphatic rings. The number of ether oxygens (including phenoxy) is 1. The second-order valence-corrected chi connectivity index (χ2v) is 4.71. The molecule has 0 amide bonds. The smallest absolute Gasteiger partial charge is 0.127 e. The molecule has 3 rings (SSSR count). The fourth-order valence-electron chi connectivity index (χ4n) is 2.46. The van der Waals surface area contributed by atoms with E-state index in [0.717, 1.165) is 38.0 Å². The van der Waals surface area contributed by atoms with Crippen molar-refractivity contribution in [2.24, 2.45) is 0 Å². The van der Waals surface area contributed by atoms with Crippen LogP contribution in [0.5, 0.6) is 0 Å². The lowest BCUT2D eigenvalue weighted by molar-refractivity contribution is 0.0312. The molecule has 0 fully saturated rings. The summed E-state index contributed by atoms with van der Waals surface area (Å²) in [5.41, 5.74) is 3.61. The highest BCUT2D eigenvalue weighted by molar-refractivity contribution is 5.20. The lowest BCUT2D eigenvalue weighted by Crippen LogP contribution is -2.15. The highest BCUT2D eigenvalue weighted by atomic mass is 16.5. The van der Waals surface area contributed by atoms with E-state index in [-0.39, 0.29) is 6.10 Å². The minimum absolute atomic E-state index is 0.121. The Labute approximate surface area is 107 Å². The first-order valence-electron chi connectivity index (χ1n) is 6.52. The van der Waals surface area contributed by atoms with Gasteiger partial charge in [-0.05, 0) is 24.8 Å². The molecule has 2 heterocycles. The van der Waals surface area contributed by atoms with E-state index in [0.29, 0.717) is 0 Å². The number of rotatable bonds is 4. The Morgan fingerprint density at radius 1 is 1.22 bits per heavy atom. The largest absolute Gasteiger partial charge is 0.371 e. The van der Waals surface area contributed by atoms with Gasteiger partial charge in [-0.3, -0.25) is 0 Å². The number of benzene rings is 1. The quantitative estimate of drug-likeness (QED) is 0.826. The van der Waals surface area contributed by atoms with Crippen molar-refractivity contribution in [3.05, 3.63) is 53.4 Å². The van der Waals surface area contributed by atoms with Crippen LogP contribution in [-0.2, 0) is 17.6 Å².